The third kappa shape index (κ3) is 4.17. The fourth-order valence-electron chi connectivity index (χ4n) is 2.12. The molecule has 0 aliphatic carbocycles. The number of halogens is 2. The van der Waals surface area contributed by atoms with Crippen LogP contribution in [0.25, 0.3) is 0 Å². The minimum absolute atomic E-state index is 0.0436. The average molecular weight is 291 g/mol. The van der Waals surface area contributed by atoms with Crippen molar-refractivity contribution in [2.45, 2.75) is 25.7 Å². The molecular formula is C17H16ClFO. The van der Waals surface area contributed by atoms with Gasteiger partial charge >= 0.3 is 0 Å². The van der Waals surface area contributed by atoms with Gasteiger partial charge in [0.05, 0.1) is 5.02 Å². The van der Waals surface area contributed by atoms with Crippen molar-refractivity contribution in [1.29, 1.82) is 0 Å². The van der Waals surface area contributed by atoms with E-state index in [1.165, 1.54) is 11.6 Å². The van der Waals surface area contributed by atoms with E-state index in [1.807, 2.05) is 30.3 Å². The predicted molar refractivity (Wildman–Crippen MR) is 79.5 cm³/mol. The highest BCUT2D eigenvalue weighted by Gasteiger charge is 2.10. The van der Waals surface area contributed by atoms with Crippen molar-refractivity contribution >= 4 is 17.4 Å². The van der Waals surface area contributed by atoms with Crippen LogP contribution in [0, 0.1) is 5.82 Å². The fourth-order valence-corrected chi connectivity index (χ4v) is 2.31. The third-order valence-electron chi connectivity index (χ3n) is 3.18. The van der Waals surface area contributed by atoms with Crippen molar-refractivity contribution in [3.8, 4) is 0 Å². The summed E-state index contributed by atoms with van der Waals surface area (Å²) < 4.78 is 13.7. The van der Waals surface area contributed by atoms with Crippen LogP contribution in [0.2, 0.25) is 5.02 Å². The van der Waals surface area contributed by atoms with E-state index in [-0.39, 0.29) is 17.2 Å². The van der Waals surface area contributed by atoms with Crippen LogP contribution < -0.4 is 0 Å². The van der Waals surface area contributed by atoms with Crippen LogP contribution in [-0.2, 0) is 17.6 Å². The van der Waals surface area contributed by atoms with Crippen LogP contribution in [-0.4, -0.2) is 5.78 Å². The number of aryl methyl sites for hydroxylation is 1. The summed E-state index contributed by atoms with van der Waals surface area (Å²) in [5.41, 5.74) is 1.59. The Balaban J connectivity index is 1.82. The predicted octanol–water partition coefficient (Wildman–Crippen LogP) is 4.61. The summed E-state index contributed by atoms with van der Waals surface area (Å²) in [7, 11) is 0. The highest BCUT2D eigenvalue weighted by molar-refractivity contribution is 6.30. The van der Waals surface area contributed by atoms with Gasteiger partial charge in [-0.05, 0) is 30.0 Å². The van der Waals surface area contributed by atoms with Gasteiger partial charge in [-0.2, -0.15) is 0 Å². The van der Waals surface area contributed by atoms with Crippen molar-refractivity contribution in [3.05, 3.63) is 70.5 Å². The molecule has 104 valence electrons. The number of carbonyl (C=O) groups is 1. The highest BCUT2D eigenvalue weighted by Crippen LogP contribution is 2.19. The molecule has 0 aromatic heterocycles. The Morgan fingerprint density at radius 3 is 2.55 bits per heavy atom. The lowest BCUT2D eigenvalue weighted by Crippen LogP contribution is -2.05. The zero-order chi connectivity index (χ0) is 14.4. The molecular weight excluding hydrogens is 275 g/mol. The van der Waals surface area contributed by atoms with E-state index < -0.39 is 5.82 Å². The summed E-state index contributed by atoms with van der Waals surface area (Å²) >= 11 is 5.70. The summed E-state index contributed by atoms with van der Waals surface area (Å²) in [6, 6.07) is 14.8. The van der Waals surface area contributed by atoms with Gasteiger partial charge < -0.3 is 0 Å². The Hall–Kier alpha value is -1.67. The van der Waals surface area contributed by atoms with Gasteiger partial charge in [0.25, 0.3) is 0 Å². The second-order valence-corrected chi connectivity index (χ2v) is 5.17. The molecule has 0 aliphatic heterocycles. The fraction of sp³-hybridized carbons (Fsp3) is 0.235. The molecule has 0 heterocycles. The molecule has 0 unspecified atom stereocenters. The molecule has 1 nitrogen and oxygen atoms in total. The quantitative estimate of drug-likeness (QED) is 0.759. The Labute approximate surface area is 123 Å². The lowest BCUT2D eigenvalue weighted by atomic mass is 10.0. The van der Waals surface area contributed by atoms with Gasteiger partial charge in [0, 0.05) is 12.8 Å². The van der Waals surface area contributed by atoms with Gasteiger partial charge in [0.1, 0.15) is 11.6 Å². The molecule has 0 saturated heterocycles. The molecule has 20 heavy (non-hydrogen) atoms. The maximum Gasteiger partial charge on any atom is 0.145 e. The van der Waals surface area contributed by atoms with Crippen molar-refractivity contribution in [3.63, 3.8) is 0 Å². The summed E-state index contributed by atoms with van der Waals surface area (Å²) in [6.07, 6.45) is 2.22. The Kier molecular flexibility index (Phi) is 5.31. The molecule has 2 aromatic carbocycles. The summed E-state index contributed by atoms with van der Waals surface area (Å²) in [5, 5.41) is 0.0691. The number of carbonyl (C=O) groups excluding carboxylic acids is 1. The molecule has 0 atom stereocenters. The molecule has 0 saturated carbocycles. The van der Waals surface area contributed by atoms with Crippen molar-refractivity contribution in [2.24, 2.45) is 0 Å². The number of ketones is 1. The first-order chi connectivity index (χ1) is 9.66. The van der Waals surface area contributed by atoms with Gasteiger partial charge in [-0.25, -0.2) is 4.39 Å². The average Bonchev–Trinajstić information content (AvgIpc) is 2.45. The van der Waals surface area contributed by atoms with E-state index in [1.54, 1.807) is 12.1 Å². The van der Waals surface area contributed by atoms with E-state index >= 15 is 0 Å². The maximum atomic E-state index is 13.7. The number of benzene rings is 2. The first-order valence-corrected chi connectivity index (χ1v) is 7.03. The normalized spacial score (nSPS) is 10.5. The highest BCUT2D eigenvalue weighted by atomic mass is 35.5. The number of rotatable bonds is 6. The topological polar surface area (TPSA) is 17.1 Å². The van der Waals surface area contributed by atoms with Gasteiger partial charge in [-0.1, -0.05) is 54.1 Å². The van der Waals surface area contributed by atoms with Crippen LogP contribution in [0.4, 0.5) is 4.39 Å². The van der Waals surface area contributed by atoms with Gasteiger partial charge in [0.15, 0.2) is 0 Å². The van der Waals surface area contributed by atoms with E-state index in [9.17, 15) is 9.18 Å². The molecule has 0 spiro atoms. The van der Waals surface area contributed by atoms with Crippen LogP contribution in [0.1, 0.15) is 24.0 Å². The van der Waals surface area contributed by atoms with Gasteiger partial charge in [0.2, 0.25) is 0 Å². The Bertz CT molecular complexity index is 581. The zero-order valence-electron chi connectivity index (χ0n) is 11.1. The second-order valence-electron chi connectivity index (χ2n) is 4.77. The molecule has 0 radical (unpaired) electrons. The van der Waals surface area contributed by atoms with Crippen LogP contribution in [0.3, 0.4) is 0 Å². The number of hydrogen-bond donors (Lipinski definition) is 0. The SMILES string of the molecule is O=C(CCCc1ccccc1)Cc1cccc(Cl)c1F. The van der Waals surface area contributed by atoms with Crippen LogP contribution in [0.5, 0.6) is 0 Å². The summed E-state index contributed by atoms with van der Waals surface area (Å²) in [5.74, 6) is -0.437. The van der Waals surface area contributed by atoms with E-state index in [2.05, 4.69) is 0 Å². The Morgan fingerprint density at radius 1 is 1.05 bits per heavy atom. The standard InChI is InChI=1S/C17H16ClFO/c18-16-11-5-9-14(17(16)19)12-15(20)10-4-8-13-6-2-1-3-7-13/h1-3,5-7,9,11H,4,8,10,12H2. The number of hydrogen-bond acceptors (Lipinski definition) is 1. The monoisotopic (exact) mass is 290 g/mol. The zero-order valence-corrected chi connectivity index (χ0v) is 11.9. The van der Waals surface area contributed by atoms with E-state index in [0.717, 1.165) is 12.8 Å². The van der Waals surface area contributed by atoms with Crippen molar-refractivity contribution in [1.82, 2.24) is 0 Å². The van der Waals surface area contributed by atoms with Crippen LogP contribution >= 0.6 is 11.6 Å². The molecule has 0 fully saturated rings. The van der Waals surface area contributed by atoms with E-state index in [4.69, 9.17) is 11.6 Å². The maximum absolute atomic E-state index is 13.7. The molecule has 3 heteroatoms. The molecule has 0 aliphatic rings. The summed E-state index contributed by atoms with van der Waals surface area (Å²) in [6.45, 7) is 0. The second kappa shape index (κ2) is 7.20. The molecule has 2 rings (SSSR count). The Morgan fingerprint density at radius 2 is 1.80 bits per heavy atom. The summed E-state index contributed by atoms with van der Waals surface area (Å²) in [4.78, 5) is 11.9. The molecule has 2 aromatic rings. The molecule has 0 N–H and O–H groups in total. The van der Waals surface area contributed by atoms with E-state index in [0.29, 0.717) is 12.0 Å². The lowest BCUT2D eigenvalue weighted by molar-refractivity contribution is -0.118. The van der Waals surface area contributed by atoms with Crippen molar-refractivity contribution < 1.29 is 9.18 Å². The molecule has 0 amide bonds. The van der Waals surface area contributed by atoms with Gasteiger partial charge in [-0.3, -0.25) is 4.79 Å². The van der Waals surface area contributed by atoms with Crippen molar-refractivity contribution in [2.75, 3.05) is 0 Å². The number of Topliss-reactive ketones (excluding diaryl/α,β-unsaturated/α-hetero) is 1. The third-order valence-corrected chi connectivity index (χ3v) is 3.47. The first kappa shape index (κ1) is 14.7. The largest absolute Gasteiger partial charge is 0.299 e. The molecule has 0 bridgehead atoms. The smallest absolute Gasteiger partial charge is 0.145 e. The van der Waals surface area contributed by atoms with Crippen LogP contribution in [0.15, 0.2) is 48.5 Å². The minimum Gasteiger partial charge on any atom is -0.299 e. The van der Waals surface area contributed by atoms with Gasteiger partial charge in [-0.15, -0.1) is 0 Å². The lowest BCUT2D eigenvalue weighted by Gasteiger charge is -2.04. The first-order valence-electron chi connectivity index (χ1n) is 6.65. The minimum atomic E-state index is -0.481.